The minimum Gasteiger partial charge on any atom is -0.325 e. The summed E-state index contributed by atoms with van der Waals surface area (Å²) >= 11 is 6.01. The van der Waals surface area contributed by atoms with Crippen LogP contribution in [0.5, 0.6) is 0 Å². The molecule has 0 radical (unpaired) electrons. The average Bonchev–Trinajstić information content (AvgIpc) is 2.64. The van der Waals surface area contributed by atoms with Crippen LogP contribution in [0.4, 0.5) is 5.69 Å². The summed E-state index contributed by atoms with van der Waals surface area (Å²) in [5, 5.41) is 3.24. The molecule has 1 atom stereocenters. The van der Waals surface area contributed by atoms with E-state index in [0.717, 1.165) is 6.42 Å². The highest BCUT2D eigenvalue weighted by molar-refractivity contribution is 6.31. The number of nitrogens with zero attached hydrogens (tertiary/aromatic N) is 1. The Kier molecular flexibility index (Phi) is 8.86. The zero-order chi connectivity index (χ0) is 18.8. The number of halogens is 1. The largest absolute Gasteiger partial charge is 0.325 e. The number of amides is 1. The second-order valence-corrected chi connectivity index (χ2v) is 5.94. The van der Waals surface area contributed by atoms with Gasteiger partial charge in [-0.3, -0.25) is 14.6 Å². The molecule has 2 rings (SSSR count). The monoisotopic (exact) mass is 360 g/mol. The maximum atomic E-state index is 12.6. The predicted molar refractivity (Wildman–Crippen MR) is 103 cm³/mol. The van der Waals surface area contributed by atoms with E-state index in [1.807, 2.05) is 27.7 Å². The van der Waals surface area contributed by atoms with Crippen LogP contribution in [-0.2, 0) is 4.79 Å². The van der Waals surface area contributed by atoms with E-state index in [0.29, 0.717) is 28.4 Å². The Labute approximate surface area is 154 Å². The van der Waals surface area contributed by atoms with Gasteiger partial charge < -0.3 is 5.32 Å². The summed E-state index contributed by atoms with van der Waals surface area (Å²) in [7, 11) is 0. The van der Waals surface area contributed by atoms with Crippen molar-refractivity contribution >= 4 is 29.0 Å². The Hall–Kier alpha value is -2.20. The van der Waals surface area contributed by atoms with E-state index < -0.39 is 0 Å². The lowest BCUT2D eigenvalue weighted by Gasteiger charge is -2.12. The normalized spacial score (nSPS) is 11.1. The summed E-state index contributed by atoms with van der Waals surface area (Å²) in [4.78, 5) is 28.8. The summed E-state index contributed by atoms with van der Waals surface area (Å²) < 4.78 is 0. The first-order chi connectivity index (χ1) is 12.0. The van der Waals surface area contributed by atoms with Gasteiger partial charge in [-0.25, -0.2) is 0 Å². The van der Waals surface area contributed by atoms with Gasteiger partial charge in [0, 0.05) is 23.2 Å². The molecule has 0 aliphatic heterocycles. The van der Waals surface area contributed by atoms with Crippen LogP contribution in [0, 0.1) is 5.92 Å². The van der Waals surface area contributed by atoms with Crippen LogP contribution in [0.3, 0.4) is 0 Å². The molecule has 0 saturated carbocycles. The van der Waals surface area contributed by atoms with Gasteiger partial charge in [0.05, 0.1) is 5.69 Å². The average molecular weight is 361 g/mol. The number of benzene rings is 1. The molecule has 1 unspecified atom stereocenters. The summed E-state index contributed by atoms with van der Waals surface area (Å²) in [6.07, 6.45) is 2.89. The van der Waals surface area contributed by atoms with Gasteiger partial charge in [0.2, 0.25) is 11.7 Å². The van der Waals surface area contributed by atoms with Crippen molar-refractivity contribution in [1.29, 1.82) is 0 Å². The number of carbonyl (C=O) groups is 2. The minimum absolute atomic E-state index is 0.114. The maximum Gasteiger partial charge on any atom is 0.224 e. The number of aromatic nitrogens is 1. The molecule has 0 aliphatic rings. The van der Waals surface area contributed by atoms with E-state index in [4.69, 9.17) is 11.6 Å². The van der Waals surface area contributed by atoms with E-state index in [-0.39, 0.29) is 17.6 Å². The molecule has 134 valence electrons. The highest BCUT2D eigenvalue weighted by Gasteiger charge is 2.17. The first kappa shape index (κ1) is 20.8. The van der Waals surface area contributed by atoms with Crippen molar-refractivity contribution in [3.05, 3.63) is 58.9 Å². The quantitative estimate of drug-likeness (QED) is 0.705. The third-order valence-corrected chi connectivity index (χ3v) is 3.86. The molecule has 4 nitrogen and oxygen atoms in total. The highest BCUT2D eigenvalue weighted by Crippen LogP contribution is 2.24. The Morgan fingerprint density at radius 3 is 2.52 bits per heavy atom. The fourth-order valence-electron chi connectivity index (χ4n) is 2.11. The summed E-state index contributed by atoms with van der Waals surface area (Å²) in [5.41, 5.74) is 1.11. The summed E-state index contributed by atoms with van der Waals surface area (Å²) in [6, 6.07) is 9.96. The Morgan fingerprint density at radius 1 is 1.20 bits per heavy atom. The molecule has 0 spiro atoms. The van der Waals surface area contributed by atoms with E-state index >= 15 is 0 Å². The number of nitrogens with one attached hydrogen (secondary N) is 1. The van der Waals surface area contributed by atoms with E-state index in [2.05, 4.69) is 10.3 Å². The lowest BCUT2D eigenvalue weighted by atomic mass is 10.0. The minimum atomic E-state index is -0.271. The molecule has 2 aromatic rings. The van der Waals surface area contributed by atoms with Crippen LogP contribution in [0.15, 0.2) is 42.6 Å². The van der Waals surface area contributed by atoms with Crippen molar-refractivity contribution in [3.8, 4) is 0 Å². The Bertz CT molecular complexity index is 702. The summed E-state index contributed by atoms with van der Waals surface area (Å²) in [6.45, 7) is 8.05. The number of carbonyl (C=O) groups excluding carboxylic acids is 2. The Morgan fingerprint density at radius 2 is 1.92 bits per heavy atom. The number of hydrogen-bond donors (Lipinski definition) is 1. The van der Waals surface area contributed by atoms with Crippen LogP contribution >= 0.6 is 11.6 Å². The molecule has 1 N–H and O–H groups in total. The lowest BCUT2D eigenvalue weighted by molar-refractivity contribution is -0.117. The van der Waals surface area contributed by atoms with E-state index in [1.54, 1.807) is 42.6 Å². The number of hydrogen-bond acceptors (Lipinski definition) is 3. The zero-order valence-electron chi connectivity index (χ0n) is 15.2. The predicted octanol–water partition coefficient (Wildman–Crippen LogP) is 5.37. The second-order valence-electron chi connectivity index (χ2n) is 5.50. The molecular weight excluding hydrogens is 336 g/mol. The fraction of sp³-hybridized carbons (Fsp3) is 0.350. The standard InChI is InChI=1S/C18H19ClN2O2.C2H6/c1-3-12(2)10-17(22)21-15-8-7-13(19)11-14(15)18(23)16-6-4-5-9-20-16;1-2/h4-9,11-12H,3,10H2,1-2H3,(H,21,22);1-2H3. The van der Waals surface area contributed by atoms with Gasteiger partial charge in [0.15, 0.2) is 0 Å². The van der Waals surface area contributed by atoms with Gasteiger partial charge in [0.25, 0.3) is 0 Å². The van der Waals surface area contributed by atoms with Crippen LogP contribution in [0.25, 0.3) is 0 Å². The Balaban J connectivity index is 0.00000151. The van der Waals surface area contributed by atoms with Crippen LogP contribution in [0.2, 0.25) is 5.02 Å². The van der Waals surface area contributed by atoms with Crippen molar-refractivity contribution < 1.29 is 9.59 Å². The molecule has 5 heteroatoms. The lowest BCUT2D eigenvalue weighted by Crippen LogP contribution is -2.17. The SMILES string of the molecule is CC.CCC(C)CC(=O)Nc1ccc(Cl)cc1C(=O)c1ccccn1. The number of anilines is 1. The molecule has 1 heterocycles. The van der Waals surface area contributed by atoms with Crippen LogP contribution in [-0.4, -0.2) is 16.7 Å². The van der Waals surface area contributed by atoms with E-state index in [9.17, 15) is 9.59 Å². The number of pyridine rings is 1. The molecule has 25 heavy (non-hydrogen) atoms. The number of ketones is 1. The maximum absolute atomic E-state index is 12.6. The van der Waals surface area contributed by atoms with Crippen molar-refractivity contribution in [2.75, 3.05) is 5.32 Å². The fourth-order valence-corrected chi connectivity index (χ4v) is 2.28. The van der Waals surface area contributed by atoms with Crippen LogP contribution in [0.1, 0.15) is 56.6 Å². The van der Waals surface area contributed by atoms with E-state index in [1.165, 1.54) is 0 Å². The van der Waals surface area contributed by atoms with Gasteiger partial charge in [-0.1, -0.05) is 51.8 Å². The van der Waals surface area contributed by atoms with Crippen molar-refractivity contribution in [2.24, 2.45) is 5.92 Å². The first-order valence-corrected chi connectivity index (χ1v) is 8.94. The highest BCUT2D eigenvalue weighted by atomic mass is 35.5. The van der Waals surface area contributed by atoms with Crippen molar-refractivity contribution in [1.82, 2.24) is 4.98 Å². The third-order valence-electron chi connectivity index (χ3n) is 3.63. The summed E-state index contributed by atoms with van der Waals surface area (Å²) in [5.74, 6) is -0.0964. The molecule has 1 amide bonds. The van der Waals surface area contributed by atoms with Gasteiger partial charge in [-0.05, 0) is 36.2 Å². The molecule has 0 aliphatic carbocycles. The molecule has 1 aromatic carbocycles. The molecule has 0 fully saturated rings. The van der Waals surface area contributed by atoms with Crippen molar-refractivity contribution in [3.63, 3.8) is 0 Å². The smallest absolute Gasteiger partial charge is 0.224 e. The van der Waals surface area contributed by atoms with Crippen LogP contribution < -0.4 is 5.32 Å². The molecule has 0 saturated heterocycles. The van der Waals surface area contributed by atoms with Gasteiger partial charge >= 0.3 is 0 Å². The molecule has 0 bridgehead atoms. The number of rotatable bonds is 6. The molecule has 1 aromatic heterocycles. The van der Waals surface area contributed by atoms with Gasteiger partial charge in [-0.2, -0.15) is 0 Å². The first-order valence-electron chi connectivity index (χ1n) is 8.56. The third kappa shape index (κ3) is 6.31. The van der Waals surface area contributed by atoms with Gasteiger partial charge in [0.1, 0.15) is 5.69 Å². The zero-order valence-corrected chi connectivity index (χ0v) is 15.9. The topological polar surface area (TPSA) is 59.1 Å². The second kappa shape index (κ2) is 10.6. The van der Waals surface area contributed by atoms with Crippen molar-refractivity contribution in [2.45, 2.75) is 40.5 Å². The van der Waals surface area contributed by atoms with Gasteiger partial charge in [-0.15, -0.1) is 0 Å². The molecular formula is C20H25ClN2O2.